The lowest BCUT2D eigenvalue weighted by molar-refractivity contribution is 0.276. The maximum absolute atomic E-state index is 9.10. The van der Waals surface area contributed by atoms with Gasteiger partial charge in [-0.2, -0.15) is 0 Å². The van der Waals surface area contributed by atoms with Crippen LogP contribution in [-0.4, -0.2) is 21.3 Å². The van der Waals surface area contributed by atoms with Gasteiger partial charge in [0, 0.05) is 12.1 Å². The van der Waals surface area contributed by atoms with Crippen LogP contribution in [-0.2, 0) is 6.61 Å². The van der Waals surface area contributed by atoms with Crippen LogP contribution in [0.3, 0.4) is 0 Å². The van der Waals surface area contributed by atoms with E-state index in [2.05, 4.69) is 15.5 Å². The summed E-state index contributed by atoms with van der Waals surface area (Å²) in [6.07, 6.45) is 4.87. The summed E-state index contributed by atoms with van der Waals surface area (Å²) >= 11 is 5.76. The molecule has 0 aromatic carbocycles. The molecule has 0 aliphatic heterocycles. The summed E-state index contributed by atoms with van der Waals surface area (Å²) in [7, 11) is 0. The van der Waals surface area contributed by atoms with Crippen LogP contribution in [0.5, 0.6) is 0 Å². The Bertz CT molecular complexity index is 339. The van der Waals surface area contributed by atoms with Crippen LogP contribution in [0.4, 0.5) is 5.69 Å². The van der Waals surface area contributed by atoms with E-state index in [1.165, 1.54) is 25.7 Å². The summed E-state index contributed by atoms with van der Waals surface area (Å²) in [6, 6.07) is 2.20. The average Bonchev–Trinajstić information content (AvgIpc) is 2.71. The maximum atomic E-state index is 9.10. The summed E-state index contributed by atoms with van der Waals surface area (Å²) in [5, 5.41) is 20.4. The number of hydrogen-bond donors (Lipinski definition) is 2. The minimum absolute atomic E-state index is 0.112. The molecule has 82 valence electrons. The van der Waals surface area contributed by atoms with E-state index in [4.69, 9.17) is 16.7 Å². The monoisotopic (exact) mass is 227 g/mol. The third-order valence-electron chi connectivity index (χ3n) is 2.71. The van der Waals surface area contributed by atoms with Gasteiger partial charge in [-0.3, -0.25) is 0 Å². The molecule has 5 heteroatoms. The minimum atomic E-state index is -0.112. The van der Waals surface area contributed by atoms with E-state index in [1.54, 1.807) is 6.07 Å². The van der Waals surface area contributed by atoms with Crippen LogP contribution in [0.1, 0.15) is 31.4 Å². The molecule has 2 rings (SSSR count). The van der Waals surface area contributed by atoms with Gasteiger partial charge in [0.2, 0.25) is 0 Å². The summed E-state index contributed by atoms with van der Waals surface area (Å²) in [5.74, 6) is 0. The number of nitrogens with zero attached hydrogens (tertiary/aromatic N) is 2. The van der Waals surface area contributed by atoms with Crippen molar-refractivity contribution in [1.82, 2.24) is 10.2 Å². The molecule has 0 atom stereocenters. The quantitative estimate of drug-likeness (QED) is 0.829. The number of halogens is 1. The molecule has 1 saturated carbocycles. The van der Waals surface area contributed by atoms with E-state index < -0.39 is 0 Å². The number of aliphatic hydroxyl groups is 1. The predicted molar refractivity (Wildman–Crippen MR) is 58.8 cm³/mol. The molecule has 0 bridgehead atoms. The molecule has 0 spiro atoms. The first-order valence-electron chi connectivity index (χ1n) is 5.19. The Kier molecular flexibility index (Phi) is 3.38. The van der Waals surface area contributed by atoms with Crippen LogP contribution in [0, 0.1) is 0 Å². The number of nitrogens with one attached hydrogen (secondary N) is 1. The highest BCUT2D eigenvalue weighted by atomic mass is 35.5. The molecule has 4 nitrogen and oxygen atoms in total. The van der Waals surface area contributed by atoms with Gasteiger partial charge in [0.15, 0.2) is 5.15 Å². The average molecular weight is 228 g/mol. The first kappa shape index (κ1) is 10.6. The molecule has 1 aromatic rings. The number of aliphatic hydroxyl groups excluding tert-OH is 1. The zero-order chi connectivity index (χ0) is 10.7. The van der Waals surface area contributed by atoms with Gasteiger partial charge in [-0.25, -0.2) is 0 Å². The number of anilines is 1. The van der Waals surface area contributed by atoms with Gasteiger partial charge in [-0.05, 0) is 12.8 Å². The van der Waals surface area contributed by atoms with Crippen LogP contribution in [0.15, 0.2) is 6.07 Å². The SMILES string of the molecule is OCc1nnc(Cl)cc1NC1CCCC1. The second-order valence-electron chi connectivity index (χ2n) is 3.81. The van der Waals surface area contributed by atoms with E-state index >= 15 is 0 Å². The van der Waals surface area contributed by atoms with Crippen molar-refractivity contribution >= 4 is 17.3 Å². The first-order chi connectivity index (χ1) is 7.29. The summed E-state index contributed by atoms with van der Waals surface area (Å²) < 4.78 is 0. The second kappa shape index (κ2) is 4.77. The van der Waals surface area contributed by atoms with Crippen molar-refractivity contribution in [1.29, 1.82) is 0 Å². The third kappa shape index (κ3) is 2.58. The molecule has 0 radical (unpaired) electrons. The van der Waals surface area contributed by atoms with Crippen molar-refractivity contribution < 1.29 is 5.11 Å². The lowest BCUT2D eigenvalue weighted by Gasteiger charge is -2.15. The topological polar surface area (TPSA) is 58.0 Å². The number of rotatable bonds is 3. The van der Waals surface area contributed by atoms with Gasteiger partial charge in [-0.1, -0.05) is 24.4 Å². The van der Waals surface area contributed by atoms with Crippen LogP contribution >= 0.6 is 11.6 Å². The smallest absolute Gasteiger partial charge is 0.153 e. The zero-order valence-electron chi connectivity index (χ0n) is 8.41. The molecular formula is C10H14ClN3O. The van der Waals surface area contributed by atoms with Crippen molar-refractivity contribution in [3.8, 4) is 0 Å². The predicted octanol–water partition coefficient (Wildman–Crippen LogP) is 1.98. The van der Waals surface area contributed by atoms with Gasteiger partial charge in [0.1, 0.15) is 5.69 Å². The normalized spacial score (nSPS) is 16.9. The molecule has 2 N–H and O–H groups in total. The Labute approximate surface area is 93.7 Å². The summed E-state index contributed by atoms with van der Waals surface area (Å²) in [5.41, 5.74) is 1.37. The van der Waals surface area contributed by atoms with Crippen LogP contribution in [0.2, 0.25) is 5.15 Å². The van der Waals surface area contributed by atoms with Crippen molar-refractivity contribution in [2.24, 2.45) is 0 Å². The molecule has 15 heavy (non-hydrogen) atoms. The minimum Gasteiger partial charge on any atom is -0.390 e. The van der Waals surface area contributed by atoms with E-state index in [1.807, 2.05) is 0 Å². The van der Waals surface area contributed by atoms with Crippen molar-refractivity contribution in [2.75, 3.05) is 5.32 Å². The highest BCUT2D eigenvalue weighted by Gasteiger charge is 2.16. The van der Waals surface area contributed by atoms with Crippen LogP contribution < -0.4 is 5.32 Å². The zero-order valence-corrected chi connectivity index (χ0v) is 9.17. The van der Waals surface area contributed by atoms with Crippen molar-refractivity contribution in [3.05, 3.63) is 16.9 Å². The standard InChI is InChI=1S/C10H14ClN3O/c11-10-5-8(9(6-15)13-14-10)12-7-3-1-2-4-7/h5,7,15H,1-4,6H2,(H,12,14). The largest absolute Gasteiger partial charge is 0.390 e. The lowest BCUT2D eigenvalue weighted by atomic mass is 10.2. The second-order valence-corrected chi connectivity index (χ2v) is 4.20. The fraction of sp³-hybridized carbons (Fsp3) is 0.600. The summed E-state index contributed by atoms with van der Waals surface area (Å²) in [4.78, 5) is 0. The van der Waals surface area contributed by atoms with Gasteiger partial charge >= 0.3 is 0 Å². The molecule has 1 aliphatic rings. The van der Waals surface area contributed by atoms with E-state index in [9.17, 15) is 0 Å². The summed E-state index contributed by atoms with van der Waals surface area (Å²) in [6.45, 7) is -0.112. The molecule has 1 aliphatic carbocycles. The highest BCUT2D eigenvalue weighted by Crippen LogP contribution is 2.24. The van der Waals surface area contributed by atoms with Gasteiger partial charge in [0.05, 0.1) is 12.3 Å². The molecule has 0 amide bonds. The molecule has 0 saturated heterocycles. The Morgan fingerprint density at radius 1 is 1.40 bits per heavy atom. The maximum Gasteiger partial charge on any atom is 0.153 e. The third-order valence-corrected chi connectivity index (χ3v) is 2.89. The molecule has 1 fully saturated rings. The highest BCUT2D eigenvalue weighted by molar-refractivity contribution is 6.29. The number of aromatic nitrogens is 2. The Morgan fingerprint density at radius 2 is 2.13 bits per heavy atom. The fourth-order valence-electron chi connectivity index (χ4n) is 1.93. The Hall–Kier alpha value is -0.870. The molecule has 1 heterocycles. The first-order valence-corrected chi connectivity index (χ1v) is 5.57. The van der Waals surface area contributed by atoms with Gasteiger partial charge in [-0.15, -0.1) is 10.2 Å². The van der Waals surface area contributed by atoms with Gasteiger partial charge < -0.3 is 10.4 Å². The van der Waals surface area contributed by atoms with E-state index in [0.29, 0.717) is 16.9 Å². The fourth-order valence-corrected chi connectivity index (χ4v) is 2.07. The lowest BCUT2D eigenvalue weighted by Crippen LogP contribution is -2.16. The van der Waals surface area contributed by atoms with Gasteiger partial charge in [0.25, 0.3) is 0 Å². The van der Waals surface area contributed by atoms with Crippen molar-refractivity contribution in [2.45, 2.75) is 38.3 Å². The van der Waals surface area contributed by atoms with Crippen LogP contribution in [0.25, 0.3) is 0 Å². The Balaban J connectivity index is 2.14. The molecular weight excluding hydrogens is 214 g/mol. The van der Waals surface area contributed by atoms with Crippen molar-refractivity contribution in [3.63, 3.8) is 0 Å². The number of hydrogen-bond acceptors (Lipinski definition) is 4. The molecule has 0 unspecified atom stereocenters. The molecule has 1 aromatic heterocycles. The van der Waals surface area contributed by atoms with E-state index in [0.717, 1.165) is 5.69 Å². The Morgan fingerprint density at radius 3 is 2.80 bits per heavy atom. The van der Waals surface area contributed by atoms with E-state index in [-0.39, 0.29) is 6.61 Å².